The average molecular weight is 421 g/mol. The molecule has 3 heterocycles. The number of thiophene rings is 1. The van der Waals surface area contributed by atoms with Crippen molar-refractivity contribution >= 4 is 45.4 Å². The normalized spacial score (nSPS) is 16.8. The van der Waals surface area contributed by atoms with Crippen LogP contribution in [0.25, 0.3) is 0 Å². The van der Waals surface area contributed by atoms with E-state index >= 15 is 0 Å². The molecule has 2 aliphatic rings. The minimum atomic E-state index is -0.225. The summed E-state index contributed by atoms with van der Waals surface area (Å²) in [7, 11) is 0. The van der Waals surface area contributed by atoms with Crippen molar-refractivity contribution in [2.45, 2.75) is 26.8 Å². The van der Waals surface area contributed by atoms with Gasteiger partial charge in [-0.3, -0.25) is 5.01 Å². The first-order chi connectivity index (χ1) is 13.6. The molecular formula is C20H25ClN4O2S. The number of fused-ring (bicyclic) bond motifs is 2. The maximum absolute atomic E-state index is 12.1. The Kier molecular flexibility index (Phi) is 5.66. The quantitative estimate of drug-likeness (QED) is 0.778. The summed E-state index contributed by atoms with van der Waals surface area (Å²) in [4.78, 5) is 15.2. The summed E-state index contributed by atoms with van der Waals surface area (Å²) in [6.07, 6.45) is 0.798. The first-order valence-electron chi connectivity index (χ1n) is 9.72. The molecule has 6 nitrogen and oxygen atoms in total. The Morgan fingerprint density at radius 2 is 2.00 bits per heavy atom. The summed E-state index contributed by atoms with van der Waals surface area (Å²) < 4.78 is 5.16. The van der Waals surface area contributed by atoms with Gasteiger partial charge in [-0.1, -0.05) is 18.5 Å². The highest BCUT2D eigenvalue weighted by Crippen LogP contribution is 2.44. The molecule has 8 heteroatoms. The second-order valence-electron chi connectivity index (χ2n) is 6.86. The van der Waals surface area contributed by atoms with Crippen molar-refractivity contribution in [3.05, 3.63) is 39.7 Å². The summed E-state index contributed by atoms with van der Waals surface area (Å²) in [5.74, 6) is 0. The standard InChI is InChI=1S/C20H25ClN4O2S/c1-3-16-11-14-13-22-17-12-15(21)5-6-18(17)25(19(14)28-16)24-9-7-23(8-10-24)20(26)27-4-2/h5-6,11-12,22H,3-4,7-10,13H2,1-2H3. The number of ether oxygens (including phenoxy) is 1. The lowest BCUT2D eigenvalue weighted by Gasteiger charge is -2.41. The lowest BCUT2D eigenvalue weighted by molar-refractivity contribution is 0.0799. The van der Waals surface area contributed by atoms with Crippen LogP contribution in [0.5, 0.6) is 0 Å². The van der Waals surface area contributed by atoms with E-state index < -0.39 is 0 Å². The van der Waals surface area contributed by atoms with Crippen molar-refractivity contribution in [3.8, 4) is 0 Å². The lowest BCUT2D eigenvalue weighted by atomic mass is 10.2. The van der Waals surface area contributed by atoms with Gasteiger partial charge in [0.15, 0.2) is 0 Å². The molecule has 0 spiro atoms. The number of hydrogen-bond acceptors (Lipinski definition) is 6. The number of carbonyl (C=O) groups excluding carboxylic acids is 1. The van der Waals surface area contributed by atoms with Crippen LogP contribution in [0.3, 0.4) is 0 Å². The maximum atomic E-state index is 12.1. The van der Waals surface area contributed by atoms with Crippen molar-refractivity contribution < 1.29 is 9.53 Å². The van der Waals surface area contributed by atoms with Crippen molar-refractivity contribution in [2.24, 2.45) is 0 Å². The number of aryl methyl sites for hydroxylation is 1. The van der Waals surface area contributed by atoms with Gasteiger partial charge in [-0.15, -0.1) is 11.3 Å². The third-order valence-corrected chi connectivity index (χ3v) is 6.63. The predicted molar refractivity (Wildman–Crippen MR) is 115 cm³/mol. The summed E-state index contributed by atoms with van der Waals surface area (Å²) in [5.41, 5.74) is 3.42. The monoisotopic (exact) mass is 420 g/mol. The van der Waals surface area contributed by atoms with E-state index in [0.717, 1.165) is 42.5 Å². The number of carbonyl (C=O) groups is 1. The molecule has 0 unspecified atom stereocenters. The zero-order valence-corrected chi connectivity index (χ0v) is 17.8. The van der Waals surface area contributed by atoms with E-state index in [-0.39, 0.29) is 6.09 Å². The Morgan fingerprint density at radius 1 is 1.21 bits per heavy atom. The van der Waals surface area contributed by atoms with Crippen molar-refractivity contribution in [2.75, 3.05) is 43.1 Å². The minimum absolute atomic E-state index is 0.225. The Labute approximate surface area is 174 Å². The third-order valence-electron chi connectivity index (χ3n) is 5.10. The molecule has 0 aliphatic carbocycles. The van der Waals surface area contributed by atoms with Gasteiger partial charge in [0.1, 0.15) is 5.00 Å². The maximum Gasteiger partial charge on any atom is 0.409 e. The van der Waals surface area contributed by atoms with Gasteiger partial charge in [0.05, 0.1) is 18.0 Å². The number of hydrazine groups is 1. The summed E-state index contributed by atoms with van der Waals surface area (Å²) in [6, 6.07) is 8.28. The van der Waals surface area contributed by atoms with Gasteiger partial charge >= 0.3 is 6.09 Å². The third kappa shape index (κ3) is 3.66. The van der Waals surface area contributed by atoms with Crippen LogP contribution in [0.4, 0.5) is 21.2 Å². The summed E-state index contributed by atoms with van der Waals surface area (Å²) >= 11 is 8.09. The number of piperazine rings is 1. The molecule has 2 aromatic rings. The van der Waals surface area contributed by atoms with Gasteiger partial charge in [0, 0.05) is 48.2 Å². The molecule has 1 amide bonds. The SMILES string of the molecule is CCOC(=O)N1CCN(N2c3ccc(Cl)cc3NCc3cc(CC)sc32)CC1. The molecule has 1 aromatic heterocycles. The van der Waals surface area contributed by atoms with Crippen LogP contribution < -0.4 is 10.3 Å². The zero-order chi connectivity index (χ0) is 19.7. The van der Waals surface area contributed by atoms with E-state index in [1.165, 1.54) is 15.4 Å². The number of nitrogens with one attached hydrogen (secondary N) is 1. The van der Waals surface area contributed by atoms with E-state index in [0.29, 0.717) is 19.7 Å². The molecule has 4 rings (SSSR count). The molecule has 1 fully saturated rings. The zero-order valence-electron chi connectivity index (χ0n) is 16.2. The fraction of sp³-hybridized carbons (Fsp3) is 0.450. The Morgan fingerprint density at radius 3 is 2.71 bits per heavy atom. The Balaban J connectivity index is 1.66. The molecule has 0 atom stereocenters. The highest BCUT2D eigenvalue weighted by Gasteiger charge is 2.31. The molecule has 28 heavy (non-hydrogen) atoms. The molecular weight excluding hydrogens is 396 g/mol. The van der Waals surface area contributed by atoms with Gasteiger partial charge in [-0.2, -0.15) is 0 Å². The van der Waals surface area contributed by atoms with Crippen LogP contribution in [0.2, 0.25) is 5.02 Å². The van der Waals surface area contributed by atoms with Gasteiger partial charge in [0.2, 0.25) is 0 Å². The Bertz CT molecular complexity index is 864. The van der Waals surface area contributed by atoms with Crippen LogP contribution in [0, 0.1) is 0 Å². The number of nitrogens with zero attached hydrogens (tertiary/aromatic N) is 3. The second kappa shape index (κ2) is 8.19. The molecule has 0 saturated carbocycles. The van der Waals surface area contributed by atoms with Crippen molar-refractivity contribution in [3.63, 3.8) is 0 Å². The average Bonchev–Trinajstić information content (AvgIpc) is 3.05. The molecule has 2 aliphatic heterocycles. The van der Waals surface area contributed by atoms with Crippen LogP contribution in [0.1, 0.15) is 24.3 Å². The molecule has 0 radical (unpaired) electrons. The predicted octanol–water partition coefficient (Wildman–Crippen LogP) is 4.72. The number of halogens is 1. The van der Waals surface area contributed by atoms with Gasteiger partial charge in [-0.05, 0) is 37.6 Å². The topological polar surface area (TPSA) is 48.1 Å². The molecule has 150 valence electrons. The van der Waals surface area contributed by atoms with E-state index in [1.54, 1.807) is 4.90 Å². The molecule has 1 N–H and O–H groups in total. The largest absolute Gasteiger partial charge is 0.450 e. The molecule has 1 aromatic carbocycles. The van der Waals surface area contributed by atoms with E-state index in [9.17, 15) is 4.79 Å². The molecule has 0 bridgehead atoms. The number of rotatable bonds is 3. The number of hydrogen-bond donors (Lipinski definition) is 1. The van der Waals surface area contributed by atoms with Crippen LogP contribution >= 0.6 is 22.9 Å². The number of anilines is 3. The summed E-state index contributed by atoms with van der Waals surface area (Å²) in [6.45, 7) is 8.00. The minimum Gasteiger partial charge on any atom is -0.450 e. The first-order valence-corrected chi connectivity index (χ1v) is 10.9. The van der Waals surface area contributed by atoms with Crippen molar-refractivity contribution in [1.82, 2.24) is 9.91 Å². The fourth-order valence-corrected chi connectivity index (χ4v) is 4.99. The van der Waals surface area contributed by atoms with Gasteiger partial charge in [-0.25, -0.2) is 9.80 Å². The van der Waals surface area contributed by atoms with Crippen LogP contribution in [0.15, 0.2) is 24.3 Å². The second-order valence-corrected chi connectivity index (χ2v) is 8.41. The van der Waals surface area contributed by atoms with Crippen LogP contribution in [-0.4, -0.2) is 48.8 Å². The number of amides is 1. The van der Waals surface area contributed by atoms with Crippen LogP contribution in [-0.2, 0) is 17.7 Å². The van der Waals surface area contributed by atoms with E-state index in [2.05, 4.69) is 34.4 Å². The highest BCUT2D eigenvalue weighted by atomic mass is 35.5. The lowest BCUT2D eigenvalue weighted by Crippen LogP contribution is -2.53. The number of benzene rings is 1. The Hall–Kier alpha value is -1.96. The van der Waals surface area contributed by atoms with Gasteiger partial charge < -0.3 is 15.0 Å². The van der Waals surface area contributed by atoms with E-state index in [4.69, 9.17) is 16.3 Å². The molecule has 1 saturated heterocycles. The van der Waals surface area contributed by atoms with E-state index in [1.807, 2.05) is 30.4 Å². The summed E-state index contributed by atoms with van der Waals surface area (Å²) in [5, 5.41) is 10.1. The fourth-order valence-electron chi connectivity index (χ4n) is 3.66. The first kappa shape index (κ1) is 19.4. The highest BCUT2D eigenvalue weighted by molar-refractivity contribution is 7.16. The smallest absolute Gasteiger partial charge is 0.409 e. The van der Waals surface area contributed by atoms with Crippen molar-refractivity contribution in [1.29, 1.82) is 0 Å². The van der Waals surface area contributed by atoms with Gasteiger partial charge in [0.25, 0.3) is 0 Å².